The minimum Gasteiger partial charge on any atom is -0.309 e. The van der Waals surface area contributed by atoms with E-state index in [4.69, 9.17) is 0 Å². The summed E-state index contributed by atoms with van der Waals surface area (Å²) < 4.78 is 3.60. The van der Waals surface area contributed by atoms with Gasteiger partial charge >= 0.3 is 0 Å². The highest BCUT2D eigenvalue weighted by Crippen LogP contribution is 2.50. The molecule has 0 spiro atoms. The molecule has 0 bridgehead atoms. The van der Waals surface area contributed by atoms with Crippen molar-refractivity contribution in [3.05, 3.63) is 113 Å². The summed E-state index contributed by atoms with van der Waals surface area (Å²) in [5, 5.41) is 5.16. The molecule has 0 fully saturated rings. The van der Waals surface area contributed by atoms with Crippen LogP contribution in [0.4, 0.5) is 0 Å². The van der Waals surface area contributed by atoms with Crippen LogP contribution in [0.3, 0.4) is 0 Å². The highest BCUT2D eigenvalue weighted by Gasteiger charge is 2.36. The summed E-state index contributed by atoms with van der Waals surface area (Å²) in [6.45, 7) is 4.68. The van der Waals surface area contributed by atoms with Crippen molar-refractivity contribution in [2.45, 2.75) is 19.3 Å². The third-order valence-electron chi connectivity index (χ3n) is 7.44. The number of fused-ring (bicyclic) bond motifs is 8. The van der Waals surface area contributed by atoms with E-state index >= 15 is 0 Å². The van der Waals surface area contributed by atoms with Crippen LogP contribution < -0.4 is 0 Å². The van der Waals surface area contributed by atoms with Crippen LogP contribution in [0.2, 0.25) is 0 Å². The first-order valence-electron chi connectivity index (χ1n) is 11.4. The fraction of sp³-hybridized carbons (Fsp3) is 0.0968. The maximum atomic E-state index is 3.68. The van der Waals surface area contributed by atoms with Gasteiger partial charge in [0.15, 0.2) is 0 Å². The maximum absolute atomic E-state index is 3.68. The second kappa shape index (κ2) is 6.59. The summed E-state index contributed by atoms with van der Waals surface area (Å²) in [6.07, 6.45) is 0. The van der Waals surface area contributed by atoms with Crippen molar-refractivity contribution < 1.29 is 0 Å². The van der Waals surface area contributed by atoms with Crippen molar-refractivity contribution in [3.8, 4) is 16.8 Å². The molecule has 5 aromatic carbocycles. The Morgan fingerprint density at radius 2 is 1.33 bits per heavy atom. The Kier molecular flexibility index (Phi) is 3.82. The Labute approximate surface area is 201 Å². The minimum absolute atomic E-state index is 0.0503. The zero-order chi connectivity index (χ0) is 22.3. The molecule has 0 radical (unpaired) electrons. The molecule has 6 aromatic rings. The van der Waals surface area contributed by atoms with Gasteiger partial charge in [-0.3, -0.25) is 0 Å². The van der Waals surface area contributed by atoms with Crippen LogP contribution in [0.5, 0.6) is 0 Å². The van der Waals surface area contributed by atoms with Gasteiger partial charge in [-0.1, -0.05) is 96.5 Å². The first-order chi connectivity index (χ1) is 16.0. The zero-order valence-electron chi connectivity index (χ0n) is 18.6. The Morgan fingerprint density at radius 1 is 0.636 bits per heavy atom. The normalized spacial score (nSPS) is 14.2. The number of hydrogen-bond acceptors (Lipinski definition) is 0. The van der Waals surface area contributed by atoms with Crippen LogP contribution >= 0.6 is 15.9 Å². The van der Waals surface area contributed by atoms with Gasteiger partial charge in [-0.05, 0) is 58.0 Å². The standard InChI is InChI=1S/C31H22BrN/c1-31(2)27-17-20(32)12-15-23(27)24-16-13-21(18-28(24)31)33-29-10-6-5-9-25(29)26-14-11-19-7-3-4-8-22(19)30(26)33/h3-18H,1-2H3. The van der Waals surface area contributed by atoms with Gasteiger partial charge in [0.05, 0.1) is 11.0 Å². The zero-order valence-corrected chi connectivity index (χ0v) is 20.1. The number of aromatic nitrogens is 1. The van der Waals surface area contributed by atoms with Crippen molar-refractivity contribution in [2.24, 2.45) is 0 Å². The van der Waals surface area contributed by atoms with Crippen LogP contribution in [0.25, 0.3) is 49.4 Å². The van der Waals surface area contributed by atoms with Crippen LogP contribution in [0.15, 0.2) is 102 Å². The SMILES string of the molecule is CC1(C)c2cc(Br)ccc2-c2ccc(-n3c4ccccc4c4ccc5ccccc5c43)cc21. The molecule has 0 unspecified atom stereocenters. The average Bonchev–Trinajstić information content (AvgIpc) is 3.29. The highest BCUT2D eigenvalue weighted by atomic mass is 79.9. The van der Waals surface area contributed by atoms with E-state index in [0.29, 0.717) is 0 Å². The van der Waals surface area contributed by atoms with Crippen molar-refractivity contribution >= 4 is 48.5 Å². The van der Waals surface area contributed by atoms with Gasteiger partial charge in [-0.15, -0.1) is 0 Å². The molecule has 1 aromatic heterocycles. The van der Waals surface area contributed by atoms with Crippen molar-refractivity contribution in [2.75, 3.05) is 0 Å². The summed E-state index contributed by atoms with van der Waals surface area (Å²) in [5.74, 6) is 0. The lowest BCUT2D eigenvalue weighted by Crippen LogP contribution is -2.15. The second-order valence-electron chi connectivity index (χ2n) is 9.58. The smallest absolute Gasteiger partial charge is 0.0619 e. The van der Waals surface area contributed by atoms with E-state index in [1.165, 1.54) is 60.5 Å². The van der Waals surface area contributed by atoms with Crippen molar-refractivity contribution in [1.82, 2.24) is 4.57 Å². The monoisotopic (exact) mass is 487 g/mol. The molecule has 33 heavy (non-hydrogen) atoms. The number of rotatable bonds is 1. The van der Waals surface area contributed by atoms with E-state index in [9.17, 15) is 0 Å². The fourth-order valence-electron chi connectivity index (χ4n) is 5.84. The Balaban J connectivity index is 1.59. The Hall–Kier alpha value is -3.36. The summed E-state index contributed by atoms with van der Waals surface area (Å²) in [5.41, 5.74) is 9.16. The lowest BCUT2D eigenvalue weighted by Gasteiger charge is -2.22. The fourth-order valence-corrected chi connectivity index (χ4v) is 6.20. The molecule has 1 nitrogen and oxygen atoms in total. The molecule has 1 aliphatic rings. The van der Waals surface area contributed by atoms with E-state index in [-0.39, 0.29) is 5.41 Å². The first kappa shape index (κ1) is 19.1. The van der Waals surface area contributed by atoms with Gasteiger partial charge < -0.3 is 4.57 Å². The molecule has 7 rings (SSSR count). The quantitative estimate of drug-likeness (QED) is 0.218. The molecule has 158 valence electrons. The molecule has 1 heterocycles. The second-order valence-corrected chi connectivity index (χ2v) is 10.5. The number of para-hydroxylation sites is 1. The molecule has 0 amide bonds. The summed E-state index contributed by atoms with van der Waals surface area (Å²) in [4.78, 5) is 0. The molecule has 2 heteroatoms. The molecule has 0 saturated carbocycles. The van der Waals surface area contributed by atoms with E-state index in [0.717, 1.165) is 4.47 Å². The lowest BCUT2D eigenvalue weighted by molar-refractivity contribution is 0.659. The van der Waals surface area contributed by atoms with Crippen molar-refractivity contribution in [3.63, 3.8) is 0 Å². The van der Waals surface area contributed by atoms with E-state index < -0.39 is 0 Å². The van der Waals surface area contributed by atoms with Crippen LogP contribution in [0, 0.1) is 0 Å². The lowest BCUT2D eigenvalue weighted by atomic mass is 9.82. The van der Waals surface area contributed by atoms with Crippen LogP contribution in [0.1, 0.15) is 25.0 Å². The van der Waals surface area contributed by atoms with Crippen molar-refractivity contribution in [1.29, 1.82) is 0 Å². The molecule has 0 atom stereocenters. The Morgan fingerprint density at radius 3 is 2.18 bits per heavy atom. The number of halogens is 1. The predicted molar refractivity (Wildman–Crippen MR) is 144 cm³/mol. The average molecular weight is 488 g/mol. The first-order valence-corrected chi connectivity index (χ1v) is 12.2. The topological polar surface area (TPSA) is 4.93 Å². The largest absolute Gasteiger partial charge is 0.309 e. The highest BCUT2D eigenvalue weighted by molar-refractivity contribution is 9.10. The summed E-state index contributed by atoms with van der Waals surface area (Å²) >= 11 is 3.68. The van der Waals surface area contributed by atoms with Gasteiger partial charge in [0.2, 0.25) is 0 Å². The van der Waals surface area contributed by atoms with Gasteiger partial charge in [0.1, 0.15) is 0 Å². The van der Waals surface area contributed by atoms with E-state index in [1.807, 2.05) is 0 Å². The van der Waals surface area contributed by atoms with Crippen LogP contribution in [-0.2, 0) is 5.41 Å². The van der Waals surface area contributed by atoms with Gasteiger partial charge in [0.25, 0.3) is 0 Å². The van der Waals surface area contributed by atoms with Gasteiger partial charge in [-0.2, -0.15) is 0 Å². The minimum atomic E-state index is -0.0503. The molecule has 0 aliphatic heterocycles. The van der Waals surface area contributed by atoms with Crippen LogP contribution in [-0.4, -0.2) is 4.57 Å². The van der Waals surface area contributed by atoms with Gasteiger partial charge in [-0.25, -0.2) is 0 Å². The molecule has 1 aliphatic carbocycles. The van der Waals surface area contributed by atoms with E-state index in [1.54, 1.807) is 0 Å². The third-order valence-corrected chi connectivity index (χ3v) is 7.93. The number of nitrogens with zero attached hydrogens (tertiary/aromatic N) is 1. The summed E-state index contributed by atoms with van der Waals surface area (Å²) in [7, 11) is 0. The molecular formula is C31H22BrN. The third kappa shape index (κ3) is 2.53. The Bertz CT molecular complexity index is 1750. The predicted octanol–water partition coefficient (Wildman–Crippen LogP) is 9.01. The molecule has 0 N–H and O–H groups in total. The van der Waals surface area contributed by atoms with E-state index in [2.05, 4.69) is 131 Å². The van der Waals surface area contributed by atoms with Gasteiger partial charge in [0, 0.05) is 31.7 Å². The molecular weight excluding hydrogens is 466 g/mol. The molecule has 0 saturated heterocycles. The summed E-state index contributed by atoms with van der Waals surface area (Å²) in [6, 6.07) is 35.7. The number of benzene rings is 5. The maximum Gasteiger partial charge on any atom is 0.0619 e. The number of hydrogen-bond donors (Lipinski definition) is 0.